The van der Waals surface area contributed by atoms with Gasteiger partial charge in [-0.15, -0.1) is 0 Å². The van der Waals surface area contributed by atoms with Crippen molar-refractivity contribution in [3.8, 4) is 0 Å². The fourth-order valence-corrected chi connectivity index (χ4v) is 57.9. The Morgan fingerprint density at radius 3 is 1.44 bits per heavy atom. The van der Waals surface area contributed by atoms with Crippen molar-refractivity contribution < 1.29 is 10.2 Å². The van der Waals surface area contributed by atoms with Gasteiger partial charge in [-0.05, 0) is 0 Å². The summed E-state index contributed by atoms with van der Waals surface area (Å²) in [6.07, 6.45) is 20.9. The van der Waals surface area contributed by atoms with Gasteiger partial charge in [-0.1, -0.05) is 0 Å². The van der Waals surface area contributed by atoms with Crippen LogP contribution >= 0.6 is 25.0 Å². The number of rotatable bonds is 5. The van der Waals surface area contributed by atoms with E-state index in [9.17, 15) is 0 Å². The summed E-state index contributed by atoms with van der Waals surface area (Å²) in [4.78, 5) is 5.03. The Morgan fingerprint density at radius 2 is 1.06 bits per heavy atom. The van der Waals surface area contributed by atoms with Crippen LogP contribution in [0.25, 0.3) is 0 Å². The van der Waals surface area contributed by atoms with Crippen LogP contribution in [0.1, 0.15) is 102 Å². The van der Waals surface area contributed by atoms with Gasteiger partial charge < -0.3 is 0 Å². The summed E-state index contributed by atoms with van der Waals surface area (Å²) in [6.45, 7) is 2.10. The SMILES string of the molecule is CN1CCN(C)[C]1=[Ru]([Cl])([Cl])(=[CH]c1ccccc1)[PH](C1CCCCC1)(C1CCCCC1)C1CCCCC1. The molecule has 5 rings (SSSR count). The molecule has 36 heavy (non-hydrogen) atoms. The molecular weight excluding hydrogens is 591 g/mol. The van der Waals surface area contributed by atoms with Gasteiger partial charge in [-0.3, -0.25) is 0 Å². The molecule has 1 saturated heterocycles. The van der Waals surface area contributed by atoms with Crippen molar-refractivity contribution in [3.63, 3.8) is 0 Å². The van der Waals surface area contributed by atoms with Crippen LogP contribution in [0.15, 0.2) is 30.3 Å². The molecule has 0 N–H and O–H groups in total. The minimum absolute atomic E-state index is 0.785. The van der Waals surface area contributed by atoms with Crippen LogP contribution in [-0.2, 0) is 10.2 Å². The van der Waals surface area contributed by atoms with Crippen LogP contribution in [0.4, 0.5) is 0 Å². The summed E-state index contributed by atoms with van der Waals surface area (Å²) in [5.41, 5.74) is 1.36. The van der Waals surface area contributed by atoms with E-state index in [-0.39, 0.29) is 0 Å². The Hall–Kier alpha value is 0.513. The van der Waals surface area contributed by atoms with Crippen molar-refractivity contribution >= 4 is 33.9 Å². The van der Waals surface area contributed by atoms with Gasteiger partial charge in [0.15, 0.2) is 0 Å². The van der Waals surface area contributed by atoms with Crippen molar-refractivity contribution in [2.75, 3.05) is 27.2 Å². The van der Waals surface area contributed by atoms with E-state index in [4.69, 9.17) is 19.4 Å². The van der Waals surface area contributed by atoms with E-state index in [1.54, 1.807) is 0 Å². The third-order valence-electron chi connectivity index (χ3n) is 9.99. The molecule has 0 aromatic heterocycles. The van der Waals surface area contributed by atoms with Gasteiger partial charge in [0.05, 0.1) is 0 Å². The molecule has 0 atom stereocenters. The monoisotopic (exact) mass is 641 g/mol. The quantitative estimate of drug-likeness (QED) is 0.235. The van der Waals surface area contributed by atoms with E-state index in [1.807, 2.05) is 0 Å². The average molecular weight is 642 g/mol. The summed E-state index contributed by atoms with van der Waals surface area (Å²) in [6, 6.07) is 11.1. The van der Waals surface area contributed by atoms with Crippen molar-refractivity contribution in [1.82, 2.24) is 9.80 Å². The van der Waals surface area contributed by atoms with Gasteiger partial charge in [0.2, 0.25) is 0 Å². The van der Waals surface area contributed by atoms with Crippen molar-refractivity contribution in [1.29, 1.82) is 0 Å². The molecule has 4 fully saturated rings. The minimum atomic E-state index is -4.30. The molecule has 0 bridgehead atoms. The molecule has 4 aliphatic rings. The average Bonchev–Trinajstić information content (AvgIpc) is 3.26. The van der Waals surface area contributed by atoms with Crippen LogP contribution in [-0.4, -0.2) is 62.9 Å². The molecule has 0 amide bonds. The van der Waals surface area contributed by atoms with Gasteiger partial charge in [0.1, 0.15) is 0 Å². The second-order valence-corrected chi connectivity index (χ2v) is 40.2. The first-order valence-electron chi connectivity index (χ1n) is 14.8. The maximum atomic E-state index is 8.78. The molecule has 3 aliphatic carbocycles. The van der Waals surface area contributed by atoms with Gasteiger partial charge in [0.25, 0.3) is 0 Å². The molecule has 0 spiro atoms. The number of hydrogen-bond donors (Lipinski definition) is 0. The number of benzene rings is 1. The molecule has 1 heterocycles. The Bertz CT molecular complexity index is 978. The van der Waals surface area contributed by atoms with Gasteiger partial charge in [-0.2, -0.15) is 0 Å². The third-order valence-corrected chi connectivity index (χ3v) is 47.5. The van der Waals surface area contributed by atoms with Crippen LogP contribution in [0, 0.1) is 0 Å². The summed E-state index contributed by atoms with van der Waals surface area (Å²) in [5.74, 6) is 0. The molecular formula is C30H50Cl2N2PRu. The van der Waals surface area contributed by atoms with E-state index < -0.39 is 15.8 Å². The van der Waals surface area contributed by atoms with Crippen LogP contribution in [0.3, 0.4) is 0 Å². The van der Waals surface area contributed by atoms with E-state index in [0.29, 0.717) is 0 Å². The van der Waals surface area contributed by atoms with Crippen molar-refractivity contribution in [2.24, 2.45) is 0 Å². The molecule has 1 aromatic rings. The summed E-state index contributed by atoms with van der Waals surface area (Å²) in [7, 11) is 17.8. The first-order valence-corrected chi connectivity index (χ1v) is 25.9. The maximum absolute atomic E-state index is 8.78. The molecule has 1 aliphatic heterocycles. The van der Waals surface area contributed by atoms with Crippen LogP contribution < -0.4 is 0 Å². The number of halogens is 2. The zero-order chi connectivity index (χ0) is 25.3. The predicted molar refractivity (Wildman–Crippen MR) is 163 cm³/mol. The topological polar surface area (TPSA) is 6.48 Å². The second kappa shape index (κ2) is 11.6. The fraction of sp³-hybridized carbons (Fsp3) is 0.733. The normalized spacial score (nSPS) is 26.6. The molecule has 0 radical (unpaired) electrons. The van der Waals surface area contributed by atoms with E-state index >= 15 is 0 Å². The molecule has 3 saturated carbocycles. The summed E-state index contributed by atoms with van der Waals surface area (Å²) >= 11 is 0. The Balaban J connectivity index is 1.92. The zero-order valence-corrected chi connectivity index (χ0v) is 27.0. The van der Waals surface area contributed by atoms with E-state index in [2.05, 4.69) is 58.8 Å². The van der Waals surface area contributed by atoms with E-state index in [0.717, 1.165) is 30.1 Å². The Labute approximate surface area is 229 Å². The predicted octanol–water partition coefficient (Wildman–Crippen LogP) is 8.46. The first-order chi connectivity index (χ1) is 17.4. The Morgan fingerprint density at radius 1 is 0.667 bits per heavy atom. The van der Waals surface area contributed by atoms with Crippen molar-refractivity contribution in [2.45, 2.75) is 113 Å². The van der Waals surface area contributed by atoms with Crippen LogP contribution in [0.5, 0.6) is 0 Å². The van der Waals surface area contributed by atoms with Gasteiger partial charge >= 0.3 is 230 Å². The first kappa shape index (κ1) is 28.1. The molecule has 1 aromatic carbocycles. The van der Waals surface area contributed by atoms with Gasteiger partial charge in [-0.25, -0.2) is 0 Å². The molecule has 207 valence electrons. The number of nitrogens with zero attached hydrogens (tertiary/aromatic N) is 2. The molecule has 2 nitrogen and oxygen atoms in total. The van der Waals surface area contributed by atoms with Crippen LogP contribution in [0.2, 0.25) is 0 Å². The number of hydrogen-bond acceptors (Lipinski definition) is 2. The summed E-state index contributed by atoms with van der Waals surface area (Å²) in [5, 5.41) is 0. The Kier molecular flexibility index (Phi) is 9.00. The zero-order valence-electron chi connectivity index (χ0n) is 22.7. The van der Waals surface area contributed by atoms with E-state index in [1.165, 1.54) is 106 Å². The number of likely N-dealkylation sites (N-methyl/N-ethyl adjacent to an activating group) is 2. The fourth-order valence-electron chi connectivity index (χ4n) is 8.67. The van der Waals surface area contributed by atoms with Gasteiger partial charge in [0, 0.05) is 0 Å². The standard InChI is InChI=1S/C18H33P.C7H6.C5H10N2.2ClH.Ru/c1-4-10-16(11-5-1)19(17-12-6-2-7-13-17)18-14-8-3-9-15-18;1-7-5-3-2-4-6-7;1-6-3-4-7(2)5-6;;;/h16-18H,1-15H2;1-6H;3-4H2,1-2H3;2*1H;/q;;;;;+1/p-1. The third kappa shape index (κ3) is 4.84. The summed E-state index contributed by atoms with van der Waals surface area (Å²) < 4.78 is 3.96. The second-order valence-electron chi connectivity index (χ2n) is 12.2. The molecule has 0 unspecified atom stereocenters. The van der Waals surface area contributed by atoms with Crippen molar-refractivity contribution in [3.05, 3.63) is 35.9 Å². The molecule has 6 heteroatoms.